The Morgan fingerprint density at radius 3 is 2.88 bits per heavy atom. The van der Waals surface area contributed by atoms with Crippen molar-refractivity contribution in [2.45, 2.75) is 13.2 Å². The van der Waals surface area contributed by atoms with Crippen LogP contribution in [0.4, 0.5) is 4.39 Å². The first-order valence-corrected chi connectivity index (χ1v) is 5.88. The number of hydrogen-bond donors (Lipinski definition) is 0. The van der Waals surface area contributed by atoms with E-state index in [1.54, 1.807) is 12.1 Å². The largest absolute Gasteiger partial charge is 0.372 e. The highest BCUT2D eigenvalue weighted by molar-refractivity contribution is 9.10. The van der Waals surface area contributed by atoms with E-state index in [-0.39, 0.29) is 11.0 Å². The summed E-state index contributed by atoms with van der Waals surface area (Å²) in [6.07, 6.45) is 0. The zero-order valence-corrected chi connectivity index (χ0v) is 10.4. The summed E-state index contributed by atoms with van der Waals surface area (Å²) in [6.45, 7) is 0.930. The number of fused-ring (bicyclic) bond motifs is 3. The number of pyridine rings is 1. The van der Waals surface area contributed by atoms with Crippen LogP contribution in [0.15, 0.2) is 16.6 Å². The Balaban J connectivity index is 2.49. The van der Waals surface area contributed by atoms with Gasteiger partial charge in [0.1, 0.15) is 10.7 Å². The van der Waals surface area contributed by atoms with Crippen LogP contribution in [0.3, 0.4) is 0 Å². The van der Waals surface area contributed by atoms with Gasteiger partial charge in [0, 0.05) is 10.9 Å². The van der Waals surface area contributed by atoms with Gasteiger partial charge in [-0.25, -0.2) is 9.37 Å². The van der Waals surface area contributed by atoms with Crippen LogP contribution in [0.1, 0.15) is 11.1 Å². The normalized spacial score (nSPS) is 14.4. The van der Waals surface area contributed by atoms with Gasteiger partial charge < -0.3 is 4.74 Å². The lowest BCUT2D eigenvalue weighted by atomic mass is 10.0. The molecule has 0 amide bonds. The Kier molecular flexibility index (Phi) is 2.38. The zero-order valence-electron chi connectivity index (χ0n) is 8.06. The molecular weight excluding hydrogens is 296 g/mol. The predicted molar refractivity (Wildman–Crippen MR) is 62.9 cm³/mol. The Morgan fingerprint density at radius 2 is 2.06 bits per heavy atom. The first-order chi connectivity index (χ1) is 7.68. The van der Waals surface area contributed by atoms with E-state index in [9.17, 15) is 4.39 Å². The second-order valence-electron chi connectivity index (χ2n) is 3.61. The van der Waals surface area contributed by atoms with Crippen LogP contribution in [0.5, 0.6) is 0 Å². The number of nitrogens with zero attached hydrogens (tertiary/aromatic N) is 1. The topological polar surface area (TPSA) is 22.1 Å². The molecule has 1 aromatic heterocycles. The van der Waals surface area contributed by atoms with E-state index in [4.69, 9.17) is 16.3 Å². The zero-order chi connectivity index (χ0) is 11.3. The minimum Gasteiger partial charge on any atom is -0.372 e. The molecule has 0 bridgehead atoms. The van der Waals surface area contributed by atoms with Crippen molar-refractivity contribution in [1.29, 1.82) is 0 Å². The fraction of sp³-hybridized carbons (Fsp3) is 0.182. The summed E-state index contributed by atoms with van der Waals surface area (Å²) in [6, 6.07) is 3.45. The highest BCUT2D eigenvalue weighted by atomic mass is 79.9. The Bertz CT molecular complexity index is 602. The summed E-state index contributed by atoms with van der Waals surface area (Å²) in [7, 11) is 0. The SMILES string of the molecule is Fc1c(Br)c2c(c3ccc(Cl)nc13)COC2. The van der Waals surface area contributed by atoms with Crippen molar-refractivity contribution in [2.75, 3.05) is 0 Å². The van der Waals surface area contributed by atoms with E-state index < -0.39 is 0 Å². The maximum Gasteiger partial charge on any atom is 0.164 e. The van der Waals surface area contributed by atoms with Gasteiger partial charge in [-0.15, -0.1) is 0 Å². The number of benzene rings is 1. The van der Waals surface area contributed by atoms with Gasteiger partial charge in [-0.3, -0.25) is 0 Å². The maximum absolute atomic E-state index is 14.0. The van der Waals surface area contributed by atoms with Gasteiger partial charge in [-0.1, -0.05) is 11.6 Å². The lowest BCUT2D eigenvalue weighted by Crippen LogP contribution is -1.95. The van der Waals surface area contributed by atoms with Crippen molar-refractivity contribution in [3.05, 3.63) is 38.7 Å². The summed E-state index contributed by atoms with van der Waals surface area (Å²) in [5.74, 6) is -0.373. The molecule has 16 heavy (non-hydrogen) atoms. The van der Waals surface area contributed by atoms with Crippen molar-refractivity contribution >= 4 is 38.4 Å². The van der Waals surface area contributed by atoms with Crippen molar-refractivity contribution < 1.29 is 9.13 Å². The summed E-state index contributed by atoms with van der Waals surface area (Å²) < 4.78 is 19.8. The molecule has 2 heterocycles. The quantitative estimate of drug-likeness (QED) is 0.690. The van der Waals surface area contributed by atoms with Gasteiger partial charge in [0.15, 0.2) is 5.82 Å². The molecule has 1 aromatic carbocycles. The lowest BCUT2D eigenvalue weighted by Gasteiger charge is -2.07. The third-order valence-electron chi connectivity index (χ3n) is 2.71. The summed E-state index contributed by atoms with van der Waals surface area (Å²) >= 11 is 9.01. The summed E-state index contributed by atoms with van der Waals surface area (Å²) in [5, 5.41) is 1.06. The molecule has 1 aliphatic rings. The Hall–Kier alpha value is -0.710. The van der Waals surface area contributed by atoms with Crippen LogP contribution in [0.2, 0.25) is 5.15 Å². The lowest BCUT2D eigenvalue weighted by molar-refractivity contribution is 0.134. The molecule has 5 heteroatoms. The average molecular weight is 303 g/mol. The van der Waals surface area contributed by atoms with Crippen LogP contribution in [0, 0.1) is 5.82 Å². The minimum atomic E-state index is -0.373. The first-order valence-electron chi connectivity index (χ1n) is 4.71. The van der Waals surface area contributed by atoms with Crippen LogP contribution >= 0.6 is 27.5 Å². The highest BCUT2D eigenvalue weighted by Crippen LogP contribution is 2.36. The van der Waals surface area contributed by atoms with E-state index in [1.165, 1.54) is 0 Å². The van der Waals surface area contributed by atoms with Crippen molar-refractivity contribution in [3.63, 3.8) is 0 Å². The van der Waals surface area contributed by atoms with E-state index in [0.717, 1.165) is 16.5 Å². The second-order valence-corrected chi connectivity index (χ2v) is 4.79. The standard InChI is InChI=1S/C11H6BrClFNO/c12-9-7-4-16-3-6(7)5-1-2-8(13)15-11(5)10(9)14/h1-2H,3-4H2. The van der Waals surface area contributed by atoms with E-state index in [0.29, 0.717) is 23.2 Å². The molecule has 0 saturated carbocycles. The van der Waals surface area contributed by atoms with Crippen LogP contribution in [0.25, 0.3) is 10.9 Å². The van der Waals surface area contributed by atoms with Gasteiger partial charge >= 0.3 is 0 Å². The fourth-order valence-electron chi connectivity index (χ4n) is 1.95. The molecule has 0 N–H and O–H groups in total. The third kappa shape index (κ3) is 1.37. The highest BCUT2D eigenvalue weighted by Gasteiger charge is 2.23. The minimum absolute atomic E-state index is 0.289. The monoisotopic (exact) mass is 301 g/mol. The van der Waals surface area contributed by atoms with E-state index in [2.05, 4.69) is 20.9 Å². The van der Waals surface area contributed by atoms with Crippen LogP contribution < -0.4 is 0 Å². The van der Waals surface area contributed by atoms with Crippen molar-refractivity contribution in [1.82, 2.24) is 4.98 Å². The smallest absolute Gasteiger partial charge is 0.164 e. The molecule has 0 unspecified atom stereocenters. The number of ether oxygens (including phenoxy) is 1. The molecule has 2 aromatic rings. The predicted octanol–water partition coefficient (Wildman–Crippen LogP) is 3.82. The molecule has 82 valence electrons. The molecule has 2 nitrogen and oxygen atoms in total. The molecule has 0 spiro atoms. The van der Waals surface area contributed by atoms with Gasteiger partial charge in [0.05, 0.1) is 17.7 Å². The first kappa shape index (κ1) is 10.4. The van der Waals surface area contributed by atoms with Crippen LogP contribution in [-0.2, 0) is 18.0 Å². The van der Waals surface area contributed by atoms with E-state index >= 15 is 0 Å². The molecule has 3 rings (SSSR count). The second kappa shape index (κ2) is 3.65. The van der Waals surface area contributed by atoms with E-state index in [1.807, 2.05) is 0 Å². The van der Waals surface area contributed by atoms with Crippen LogP contribution in [-0.4, -0.2) is 4.98 Å². The van der Waals surface area contributed by atoms with Gasteiger partial charge in [-0.05, 0) is 33.6 Å². The number of aromatic nitrogens is 1. The molecule has 0 saturated heterocycles. The Labute approximate surface area is 105 Å². The molecular formula is C11H6BrClFNO. The maximum atomic E-state index is 14.0. The summed E-state index contributed by atoms with van der Waals surface area (Å²) in [4.78, 5) is 4.02. The summed E-state index contributed by atoms with van der Waals surface area (Å²) in [5.41, 5.74) is 2.16. The molecule has 0 aliphatic carbocycles. The van der Waals surface area contributed by atoms with Crippen molar-refractivity contribution in [3.8, 4) is 0 Å². The van der Waals surface area contributed by atoms with Gasteiger partial charge in [0.25, 0.3) is 0 Å². The molecule has 1 aliphatic heterocycles. The Morgan fingerprint density at radius 1 is 1.31 bits per heavy atom. The average Bonchev–Trinajstić information content (AvgIpc) is 2.75. The fourth-order valence-corrected chi connectivity index (χ4v) is 2.64. The molecule has 0 radical (unpaired) electrons. The van der Waals surface area contributed by atoms with Gasteiger partial charge in [-0.2, -0.15) is 0 Å². The number of halogens is 3. The molecule has 0 atom stereocenters. The van der Waals surface area contributed by atoms with Gasteiger partial charge in [0.2, 0.25) is 0 Å². The third-order valence-corrected chi connectivity index (χ3v) is 3.75. The number of rotatable bonds is 0. The number of hydrogen-bond acceptors (Lipinski definition) is 2. The van der Waals surface area contributed by atoms with Crippen molar-refractivity contribution in [2.24, 2.45) is 0 Å². The molecule has 0 fully saturated rings.